The molecule has 0 aromatic carbocycles. The fraction of sp³-hybridized carbons (Fsp3) is 1.00. The van der Waals surface area contributed by atoms with Gasteiger partial charge in [-0.15, -0.1) is 0 Å². The quantitative estimate of drug-likeness (QED) is 0.326. The van der Waals surface area contributed by atoms with E-state index < -0.39 is 0 Å². The Morgan fingerprint density at radius 1 is 0.650 bits per heavy atom. The van der Waals surface area contributed by atoms with Gasteiger partial charge in [0.25, 0.3) is 0 Å². The number of rotatable bonds is 15. The maximum atomic E-state index is 5.98. The van der Waals surface area contributed by atoms with Crippen LogP contribution in [0.1, 0.15) is 96.8 Å². The van der Waals surface area contributed by atoms with Crippen molar-refractivity contribution >= 4 is 0 Å². The van der Waals surface area contributed by atoms with Gasteiger partial charge in [0.2, 0.25) is 0 Å². The zero-order valence-corrected chi connectivity index (χ0v) is 14.5. The average molecular weight is 285 g/mol. The molecular formula is C18H40N2. The molecule has 0 radical (unpaired) electrons. The zero-order chi connectivity index (χ0) is 15.1. The van der Waals surface area contributed by atoms with Crippen molar-refractivity contribution in [2.45, 2.75) is 103 Å². The van der Waals surface area contributed by atoms with Gasteiger partial charge in [-0.1, -0.05) is 90.4 Å². The molecule has 0 aromatic heterocycles. The lowest BCUT2D eigenvalue weighted by Gasteiger charge is -2.19. The van der Waals surface area contributed by atoms with Gasteiger partial charge in [0.1, 0.15) is 0 Å². The molecule has 20 heavy (non-hydrogen) atoms. The number of nitrogens with two attached hydrogens (primary N) is 1. The van der Waals surface area contributed by atoms with E-state index in [0.29, 0.717) is 0 Å². The van der Waals surface area contributed by atoms with Gasteiger partial charge in [0, 0.05) is 0 Å². The Morgan fingerprint density at radius 2 is 1.00 bits per heavy atom. The minimum atomic E-state index is 0.253. The molecule has 2 nitrogen and oxygen atoms in total. The first-order valence-corrected chi connectivity index (χ1v) is 9.10. The van der Waals surface area contributed by atoms with E-state index in [0.717, 1.165) is 6.42 Å². The first kappa shape index (κ1) is 19.9. The monoisotopic (exact) mass is 284 g/mol. The summed E-state index contributed by atoms with van der Waals surface area (Å²) in [7, 11) is 4.12. The Morgan fingerprint density at radius 3 is 1.35 bits per heavy atom. The fourth-order valence-electron chi connectivity index (χ4n) is 2.63. The molecule has 0 aliphatic heterocycles. The third-order valence-corrected chi connectivity index (χ3v) is 4.27. The third-order valence-electron chi connectivity index (χ3n) is 4.27. The average Bonchev–Trinajstić information content (AvgIpc) is 2.43. The van der Waals surface area contributed by atoms with Crippen LogP contribution in [-0.4, -0.2) is 25.2 Å². The zero-order valence-electron chi connectivity index (χ0n) is 14.5. The summed E-state index contributed by atoms with van der Waals surface area (Å²) in [4.78, 5) is 2.11. The van der Waals surface area contributed by atoms with Crippen molar-refractivity contribution in [1.82, 2.24) is 4.90 Å². The lowest BCUT2D eigenvalue weighted by Crippen LogP contribution is -2.35. The second-order valence-electron chi connectivity index (χ2n) is 6.56. The molecule has 1 unspecified atom stereocenters. The van der Waals surface area contributed by atoms with Crippen molar-refractivity contribution in [3.8, 4) is 0 Å². The van der Waals surface area contributed by atoms with Crippen molar-refractivity contribution in [2.24, 2.45) is 5.73 Å². The SMILES string of the molecule is CCCCCCCCCCCCCCCC(N)N(C)C. The molecule has 0 fully saturated rings. The molecule has 2 N–H and O–H groups in total. The molecular weight excluding hydrogens is 244 g/mol. The van der Waals surface area contributed by atoms with Gasteiger partial charge < -0.3 is 5.73 Å². The van der Waals surface area contributed by atoms with Crippen LogP contribution in [0, 0.1) is 0 Å². The summed E-state index contributed by atoms with van der Waals surface area (Å²) in [5.74, 6) is 0. The first-order valence-electron chi connectivity index (χ1n) is 9.10. The van der Waals surface area contributed by atoms with Crippen LogP contribution in [0.2, 0.25) is 0 Å². The van der Waals surface area contributed by atoms with Crippen molar-refractivity contribution in [3.05, 3.63) is 0 Å². The van der Waals surface area contributed by atoms with Gasteiger partial charge in [-0.3, -0.25) is 4.90 Å². The molecule has 2 heteroatoms. The van der Waals surface area contributed by atoms with E-state index in [1.165, 1.54) is 83.5 Å². The minimum Gasteiger partial charge on any atom is -0.316 e. The van der Waals surface area contributed by atoms with Gasteiger partial charge in [-0.25, -0.2) is 0 Å². The van der Waals surface area contributed by atoms with Gasteiger partial charge in [-0.05, 0) is 20.5 Å². The molecule has 0 spiro atoms. The predicted molar refractivity (Wildman–Crippen MR) is 92.0 cm³/mol. The smallest absolute Gasteiger partial charge is 0.0566 e. The van der Waals surface area contributed by atoms with Crippen LogP contribution in [0.25, 0.3) is 0 Å². The molecule has 122 valence electrons. The third kappa shape index (κ3) is 14.3. The minimum absolute atomic E-state index is 0.253. The summed E-state index contributed by atoms with van der Waals surface area (Å²) >= 11 is 0. The maximum Gasteiger partial charge on any atom is 0.0566 e. The lowest BCUT2D eigenvalue weighted by molar-refractivity contribution is 0.278. The highest BCUT2D eigenvalue weighted by molar-refractivity contribution is 4.57. The number of unbranched alkanes of at least 4 members (excludes halogenated alkanes) is 12. The van der Waals surface area contributed by atoms with Crippen LogP contribution in [0.5, 0.6) is 0 Å². The highest BCUT2D eigenvalue weighted by atomic mass is 15.2. The Labute approximate surface area is 128 Å². The molecule has 0 aliphatic carbocycles. The van der Waals surface area contributed by atoms with E-state index in [1.54, 1.807) is 0 Å². The Kier molecular flexibility index (Phi) is 15.3. The van der Waals surface area contributed by atoms with E-state index in [9.17, 15) is 0 Å². The van der Waals surface area contributed by atoms with E-state index >= 15 is 0 Å². The van der Waals surface area contributed by atoms with Crippen molar-refractivity contribution in [3.63, 3.8) is 0 Å². The van der Waals surface area contributed by atoms with Crippen LogP contribution in [0.4, 0.5) is 0 Å². The summed E-state index contributed by atoms with van der Waals surface area (Å²) in [6.45, 7) is 2.29. The Balaban J connectivity index is 3.03. The van der Waals surface area contributed by atoms with Gasteiger partial charge in [0.05, 0.1) is 6.17 Å². The fourth-order valence-corrected chi connectivity index (χ4v) is 2.63. The second kappa shape index (κ2) is 15.3. The van der Waals surface area contributed by atoms with E-state index in [-0.39, 0.29) is 6.17 Å². The van der Waals surface area contributed by atoms with Gasteiger partial charge in [-0.2, -0.15) is 0 Å². The Hall–Kier alpha value is -0.0800. The molecule has 0 rings (SSSR count). The summed E-state index contributed by atoms with van der Waals surface area (Å²) in [5.41, 5.74) is 5.98. The van der Waals surface area contributed by atoms with Gasteiger partial charge in [0.15, 0.2) is 0 Å². The highest BCUT2D eigenvalue weighted by Gasteiger charge is 2.03. The number of hydrogen-bond acceptors (Lipinski definition) is 2. The molecule has 0 heterocycles. The normalized spacial score (nSPS) is 13.1. The summed E-state index contributed by atoms with van der Waals surface area (Å²) in [6, 6.07) is 0. The largest absolute Gasteiger partial charge is 0.316 e. The lowest BCUT2D eigenvalue weighted by atomic mass is 10.0. The topological polar surface area (TPSA) is 29.3 Å². The van der Waals surface area contributed by atoms with Crippen molar-refractivity contribution in [2.75, 3.05) is 14.1 Å². The molecule has 0 aliphatic rings. The highest BCUT2D eigenvalue weighted by Crippen LogP contribution is 2.13. The first-order chi connectivity index (χ1) is 9.68. The maximum absolute atomic E-state index is 5.98. The van der Waals surface area contributed by atoms with Crippen LogP contribution in [0.3, 0.4) is 0 Å². The molecule has 0 bridgehead atoms. The van der Waals surface area contributed by atoms with Crippen LogP contribution in [0.15, 0.2) is 0 Å². The van der Waals surface area contributed by atoms with Crippen LogP contribution >= 0.6 is 0 Å². The molecule has 0 amide bonds. The summed E-state index contributed by atoms with van der Waals surface area (Å²) < 4.78 is 0. The number of nitrogens with zero attached hydrogens (tertiary/aromatic N) is 1. The van der Waals surface area contributed by atoms with E-state index in [1.807, 2.05) is 0 Å². The van der Waals surface area contributed by atoms with Crippen molar-refractivity contribution < 1.29 is 0 Å². The molecule has 0 saturated heterocycles. The standard InChI is InChI=1S/C18H40N2/c1-4-5-6-7-8-9-10-11-12-13-14-15-16-17-18(19)20(2)3/h18H,4-17,19H2,1-3H3. The molecule has 1 atom stereocenters. The second-order valence-corrected chi connectivity index (χ2v) is 6.56. The molecule has 0 aromatic rings. The summed E-state index contributed by atoms with van der Waals surface area (Å²) in [6.07, 6.45) is 19.8. The van der Waals surface area contributed by atoms with Crippen molar-refractivity contribution in [1.29, 1.82) is 0 Å². The molecule has 0 saturated carbocycles. The predicted octanol–water partition coefficient (Wildman–Crippen LogP) is 5.31. The van der Waals surface area contributed by atoms with Crippen LogP contribution in [-0.2, 0) is 0 Å². The van der Waals surface area contributed by atoms with Gasteiger partial charge >= 0.3 is 0 Å². The summed E-state index contributed by atoms with van der Waals surface area (Å²) in [5, 5.41) is 0. The number of hydrogen-bond donors (Lipinski definition) is 1. The van der Waals surface area contributed by atoms with E-state index in [2.05, 4.69) is 25.9 Å². The van der Waals surface area contributed by atoms with E-state index in [4.69, 9.17) is 5.73 Å². The Bertz CT molecular complexity index is 180. The van der Waals surface area contributed by atoms with Crippen LogP contribution < -0.4 is 5.73 Å².